The van der Waals surface area contributed by atoms with Crippen LogP contribution in [0.25, 0.3) is 0 Å². The zero-order valence-corrected chi connectivity index (χ0v) is 16.6. The van der Waals surface area contributed by atoms with Crippen molar-refractivity contribution in [2.24, 2.45) is 5.14 Å². The van der Waals surface area contributed by atoms with Crippen molar-refractivity contribution in [3.63, 3.8) is 0 Å². The van der Waals surface area contributed by atoms with Crippen LogP contribution in [0.2, 0.25) is 0 Å². The molecule has 2 amide bonds. The molecule has 0 atom stereocenters. The molecular weight excluding hydrogens is 366 g/mol. The SMILES string of the molecule is CC(=O)N(CC(=O)NCCc1ccc(S(N)(=O)=O)cc1)C1CCCCCC1. The number of nitrogens with zero attached hydrogens (tertiary/aromatic N) is 1. The normalized spacial score (nSPS) is 15.8. The maximum absolute atomic E-state index is 12.3. The van der Waals surface area contributed by atoms with Gasteiger partial charge in [0.25, 0.3) is 0 Å². The standard InChI is InChI=1S/C19H29N3O4S/c1-15(23)22(17-6-4-2-3-5-7-17)14-19(24)21-13-12-16-8-10-18(11-9-16)27(20,25)26/h8-11,17H,2-7,12-14H2,1H3,(H,21,24)(H2,20,25,26). The minimum absolute atomic E-state index is 0.0596. The molecule has 27 heavy (non-hydrogen) atoms. The highest BCUT2D eigenvalue weighted by atomic mass is 32.2. The third kappa shape index (κ3) is 6.95. The van der Waals surface area contributed by atoms with Crippen LogP contribution in [-0.4, -0.2) is 44.3 Å². The van der Waals surface area contributed by atoms with E-state index in [4.69, 9.17) is 5.14 Å². The summed E-state index contributed by atoms with van der Waals surface area (Å²) in [4.78, 5) is 26.0. The number of rotatable bonds is 7. The summed E-state index contributed by atoms with van der Waals surface area (Å²) >= 11 is 0. The third-order valence-electron chi connectivity index (χ3n) is 4.97. The molecule has 7 nitrogen and oxygen atoms in total. The van der Waals surface area contributed by atoms with E-state index in [1.165, 1.54) is 31.9 Å². The van der Waals surface area contributed by atoms with Gasteiger partial charge in [0, 0.05) is 19.5 Å². The van der Waals surface area contributed by atoms with Gasteiger partial charge in [0.2, 0.25) is 21.8 Å². The van der Waals surface area contributed by atoms with Crippen molar-refractivity contribution in [2.45, 2.75) is 62.8 Å². The summed E-state index contributed by atoms with van der Waals surface area (Å²) in [6.07, 6.45) is 7.08. The molecule has 1 aromatic carbocycles. The Morgan fingerprint density at radius 2 is 1.70 bits per heavy atom. The Labute approximate surface area is 161 Å². The van der Waals surface area contributed by atoms with Gasteiger partial charge in [-0.1, -0.05) is 37.8 Å². The number of carbonyl (C=O) groups is 2. The van der Waals surface area contributed by atoms with E-state index in [0.29, 0.717) is 13.0 Å². The summed E-state index contributed by atoms with van der Waals surface area (Å²) in [5.74, 6) is -0.230. The molecule has 0 heterocycles. The molecule has 3 N–H and O–H groups in total. The minimum atomic E-state index is -3.70. The Morgan fingerprint density at radius 1 is 1.11 bits per heavy atom. The molecule has 1 aliphatic carbocycles. The van der Waals surface area contributed by atoms with Crippen LogP contribution < -0.4 is 10.5 Å². The van der Waals surface area contributed by atoms with Gasteiger partial charge in [-0.2, -0.15) is 0 Å². The van der Waals surface area contributed by atoms with Crippen LogP contribution in [0.15, 0.2) is 29.2 Å². The van der Waals surface area contributed by atoms with E-state index in [9.17, 15) is 18.0 Å². The summed E-state index contributed by atoms with van der Waals surface area (Å²) in [7, 11) is -3.70. The lowest BCUT2D eigenvalue weighted by Crippen LogP contribution is -2.45. The second kappa shape index (κ2) is 9.85. The summed E-state index contributed by atoms with van der Waals surface area (Å²) in [6, 6.07) is 6.42. The predicted octanol–water partition coefficient (Wildman–Crippen LogP) is 1.56. The zero-order valence-electron chi connectivity index (χ0n) is 15.8. The highest BCUT2D eigenvalue weighted by molar-refractivity contribution is 7.89. The second-order valence-electron chi connectivity index (χ2n) is 7.08. The average Bonchev–Trinajstić information content (AvgIpc) is 2.88. The Hall–Kier alpha value is -1.93. The molecule has 150 valence electrons. The molecule has 0 saturated heterocycles. The molecule has 1 saturated carbocycles. The third-order valence-corrected chi connectivity index (χ3v) is 5.90. The van der Waals surface area contributed by atoms with Gasteiger partial charge in [0.15, 0.2) is 0 Å². The second-order valence-corrected chi connectivity index (χ2v) is 8.64. The summed E-state index contributed by atoms with van der Waals surface area (Å²) in [5.41, 5.74) is 0.898. The summed E-state index contributed by atoms with van der Waals surface area (Å²) in [5, 5.41) is 7.91. The lowest BCUT2D eigenvalue weighted by atomic mass is 10.1. The van der Waals surface area contributed by atoms with Crippen LogP contribution in [0.3, 0.4) is 0 Å². The first-order valence-electron chi connectivity index (χ1n) is 9.43. The van der Waals surface area contributed by atoms with Crippen LogP contribution in [-0.2, 0) is 26.0 Å². The van der Waals surface area contributed by atoms with E-state index in [2.05, 4.69) is 5.32 Å². The Balaban J connectivity index is 1.82. The molecule has 0 aliphatic heterocycles. The molecule has 8 heteroatoms. The minimum Gasteiger partial charge on any atom is -0.354 e. The van der Waals surface area contributed by atoms with Crippen LogP contribution in [0.5, 0.6) is 0 Å². The van der Waals surface area contributed by atoms with Crippen LogP contribution in [0.4, 0.5) is 0 Å². The van der Waals surface area contributed by atoms with Gasteiger partial charge >= 0.3 is 0 Å². The van der Waals surface area contributed by atoms with E-state index in [1.807, 2.05) is 0 Å². The van der Waals surface area contributed by atoms with E-state index in [1.54, 1.807) is 17.0 Å². The van der Waals surface area contributed by atoms with Gasteiger partial charge in [0.05, 0.1) is 11.4 Å². The number of primary sulfonamides is 1. The molecule has 0 aromatic heterocycles. The zero-order chi connectivity index (χ0) is 19.9. The van der Waals surface area contributed by atoms with Gasteiger partial charge in [-0.05, 0) is 37.0 Å². The van der Waals surface area contributed by atoms with Crippen molar-refractivity contribution in [1.29, 1.82) is 0 Å². The molecular formula is C19H29N3O4S. The predicted molar refractivity (Wildman–Crippen MR) is 103 cm³/mol. The van der Waals surface area contributed by atoms with Crippen molar-refractivity contribution < 1.29 is 18.0 Å². The van der Waals surface area contributed by atoms with Gasteiger partial charge < -0.3 is 10.2 Å². The lowest BCUT2D eigenvalue weighted by molar-refractivity contribution is -0.136. The van der Waals surface area contributed by atoms with Crippen molar-refractivity contribution in [1.82, 2.24) is 10.2 Å². The number of sulfonamides is 1. The highest BCUT2D eigenvalue weighted by Crippen LogP contribution is 2.22. The van der Waals surface area contributed by atoms with Crippen LogP contribution in [0, 0.1) is 0 Å². The quantitative estimate of drug-likeness (QED) is 0.683. The van der Waals surface area contributed by atoms with E-state index in [-0.39, 0.29) is 29.3 Å². The number of benzene rings is 1. The number of nitrogens with one attached hydrogen (secondary N) is 1. The molecule has 0 unspecified atom stereocenters. The molecule has 0 radical (unpaired) electrons. The highest BCUT2D eigenvalue weighted by Gasteiger charge is 2.24. The molecule has 0 spiro atoms. The fourth-order valence-electron chi connectivity index (χ4n) is 3.47. The number of hydrogen-bond acceptors (Lipinski definition) is 4. The molecule has 1 aromatic rings. The van der Waals surface area contributed by atoms with Gasteiger partial charge in [-0.15, -0.1) is 0 Å². The van der Waals surface area contributed by atoms with Crippen molar-refractivity contribution >= 4 is 21.8 Å². The fourth-order valence-corrected chi connectivity index (χ4v) is 3.99. The first-order chi connectivity index (χ1) is 12.8. The first kappa shape index (κ1) is 21.4. The summed E-state index contributed by atoms with van der Waals surface area (Å²) < 4.78 is 22.5. The van der Waals surface area contributed by atoms with Crippen molar-refractivity contribution in [2.75, 3.05) is 13.1 Å². The monoisotopic (exact) mass is 395 g/mol. The molecule has 1 aliphatic rings. The molecule has 1 fully saturated rings. The van der Waals surface area contributed by atoms with Gasteiger partial charge in [0.1, 0.15) is 0 Å². The fraction of sp³-hybridized carbons (Fsp3) is 0.579. The Morgan fingerprint density at radius 3 is 2.22 bits per heavy atom. The first-order valence-corrected chi connectivity index (χ1v) is 11.0. The van der Waals surface area contributed by atoms with E-state index >= 15 is 0 Å². The van der Waals surface area contributed by atoms with Crippen LogP contribution in [0.1, 0.15) is 51.0 Å². The largest absolute Gasteiger partial charge is 0.354 e. The number of carbonyl (C=O) groups excluding carboxylic acids is 2. The number of amides is 2. The summed E-state index contributed by atoms with van der Waals surface area (Å²) in [6.45, 7) is 2.03. The topological polar surface area (TPSA) is 110 Å². The maximum atomic E-state index is 12.3. The Kier molecular flexibility index (Phi) is 7.79. The van der Waals surface area contributed by atoms with Gasteiger partial charge in [-0.3, -0.25) is 9.59 Å². The number of nitrogens with two attached hydrogens (primary N) is 1. The van der Waals surface area contributed by atoms with Crippen molar-refractivity contribution in [3.05, 3.63) is 29.8 Å². The maximum Gasteiger partial charge on any atom is 0.239 e. The van der Waals surface area contributed by atoms with E-state index in [0.717, 1.165) is 31.2 Å². The smallest absolute Gasteiger partial charge is 0.239 e. The molecule has 2 rings (SSSR count). The Bertz CT molecular complexity index is 739. The van der Waals surface area contributed by atoms with Crippen molar-refractivity contribution in [3.8, 4) is 0 Å². The van der Waals surface area contributed by atoms with Crippen LogP contribution >= 0.6 is 0 Å². The molecule has 0 bridgehead atoms. The van der Waals surface area contributed by atoms with Gasteiger partial charge in [-0.25, -0.2) is 13.6 Å². The number of hydrogen-bond donors (Lipinski definition) is 2. The lowest BCUT2D eigenvalue weighted by Gasteiger charge is -2.29. The average molecular weight is 396 g/mol. The van der Waals surface area contributed by atoms with E-state index < -0.39 is 10.0 Å².